The third-order valence-corrected chi connectivity index (χ3v) is 10.3. The Morgan fingerprint density at radius 2 is 0.935 bits per heavy atom. The van der Waals surface area contributed by atoms with Gasteiger partial charge in [0.25, 0.3) is 0 Å². The Labute approximate surface area is 270 Å². The van der Waals surface area contributed by atoms with Crippen LogP contribution in [0.5, 0.6) is 0 Å². The molecule has 0 fully saturated rings. The van der Waals surface area contributed by atoms with Crippen LogP contribution in [-0.2, 0) is 5.41 Å². The van der Waals surface area contributed by atoms with Crippen LogP contribution < -0.4 is 0 Å². The molecule has 0 aliphatic heterocycles. The highest BCUT2D eigenvalue weighted by molar-refractivity contribution is 6.22. The van der Waals surface area contributed by atoms with E-state index < -0.39 is 0 Å². The maximum Gasteiger partial charge on any atom is 0.0158 e. The van der Waals surface area contributed by atoms with Gasteiger partial charge in [0.15, 0.2) is 0 Å². The molecule has 218 valence electrons. The average Bonchev–Trinajstić information content (AvgIpc) is 3.32. The molecule has 8 aromatic carbocycles. The summed E-state index contributed by atoms with van der Waals surface area (Å²) in [6, 6.07) is 56.5. The second-order valence-electron chi connectivity index (χ2n) is 13.4. The zero-order chi connectivity index (χ0) is 31.0. The summed E-state index contributed by atoms with van der Waals surface area (Å²) in [4.78, 5) is 0. The minimum absolute atomic E-state index is 0.00696. The molecule has 8 aromatic rings. The molecule has 0 aromatic heterocycles. The van der Waals surface area contributed by atoms with Crippen molar-refractivity contribution in [1.29, 1.82) is 0 Å². The number of rotatable bonds is 3. The Bertz CT molecular complexity index is 2490. The number of hydrogen-bond acceptors (Lipinski definition) is 0. The van der Waals surface area contributed by atoms with E-state index in [4.69, 9.17) is 0 Å². The van der Waals surface area contributed by atoms with Crippen molar-refractivity contribution in [1.82, 2.24) is 0 Å². The first-order valence-corrected chi connectivity index (χ1v) is 16.3. The Balaban J connectivity index is 1.28. The van der Waals surface area contributed by atoms with Crippen molar-refractivity contribution in [3.05, 3.63) is 168 Å². The number of fused-ring (bicyclic) bond motifs is 6. The van der Waals surface area contributed by atoms with E-state index >= 15 is 0 Å². The summed E-state index contributed by atoms with van der Waals surface area (Å²) < 4.78 is 0. The van der Waals surface area contributed by atoms with Crippen LogP contribution in [0.4, 0.5) is 0 Å². The zero-order valence-electron chi connectivity index (χ0n) is 26.4. The predicted molar refractivity (Wildman–Crippen MR) is 198 cm³/mol. The van der Waals surface area contributed by atoms with Crippen molar-refractivity contribution >= 4 is 32.3 Å². The van der Waals surface area contributed by atoms with Gasteiger partial charge in [-0.15, -0.1) is 0 Å². The maximum atomic E-state index is 2.45. The van der Waals surface area contributed by atoms with Gasteiger partial charge in [-0.25, -0.2) is 0 Å². The van der Waals surface area contributed by atoms with E-state index in [1.807, 2.05) is 0 Å². The van der Waals surface area contributed by atoms with Crippen LogP contribution in [0.3, 0.4) is 0 Å². The molecule has 0 heteroatoms. The molecule has 0 N–H and O–H groups in total. The lowest BCUT2D eigenvalue weighted by Gasteiger charge is -2.22. The van der Waals surface area contributed by atoms with Crippen LogP contribution >= 0.6 is 0 Å². The lowest BCUT2D eigenvalue weighted by molar-refractivity contribution is 0.660. The van der Waals surface area contributed by atoms with Gasteiger partial charge < -0.3 is 0 Å². The van der Waals surface area contributed by atoms with Crippen LogP contribution in [0.2, 0.25) is 0 Å². The first-order valence-electron chi connectivity index (χ1n) is 16.3. The van der Waals surface area contributed by atoms with Gasteiger partial charge in [0.05, 0.1) is 0 Å². The van der Waals surface area contributed by atoms with E-state index in [0.717, 1.165) is 0 Å². The van der Waals surface area contributed by atoms with Gasteiger partial charge in [-0.1, -0.05) is 153 Å². The van der Waals surface area contributed by atoms with E-state index in [0.29, 0.717) is 0 Å². The summed E-state index contributed by atoms with van der Waals surface area (Å²) >= 11 is 0. The predicted octanol–water partition coefficient (Wildman–Crippen LogP) is 12.8. The van der Waals surface area contributed by atoms with Gasteiger partial charge in [0, 0.05) is 5.41 Å². The van der Waals surface area contributed by atoms with Crippen molar-refractivity contribution in [3.8, 4) is 44.5 Å². The van der Waals surface area contributed by atoms with E-state index in [-0.39, 0.29) is 5.41 Å². The summed E-state index contributed by atoms with van der Waals surface area (Å²) in [6.07, 6.45) is 0. The summed E-state index contributed by atoms with van der Waals surface area (Å²) in [5, 5.41) is 7.69. The Morgan fingerprint density at radius 3 is 1.72 bits per heavy atom. The fourth-order valence-corrected chi connectivity index (χ4v) is 8.00. The van der Waals surface area contributed by atoms with Gasteiger partial charge in [-0.05, 0) is 113 Å². The molecular formula is C46H34. The Morgan fingerprint density at radius 1 is 0.370 bits per heavy atom. The molecule has 0 saturated carbocycles. The summed E-state index contributed by atoms with van der Waals surface area (Å²) in [5.41, 5.74) is 14.4. The molecule has 0 nitrogen and oxygen atoms in total. The SMILES string of the molecule is Cc1ccc2c(-c3ccc4cc(-c5ccccc5)ccc4c3)c3ccccc3c(-c3ccc4c(c3)-c3ccccc3C4(C)C)c2c1. The molecule has 1 aliphatic carbocycles. The highest BCUT2D eigenvalue weighted by Crippen LogP contribution is 2.51. The van der Waals surface area contributed by atoms with Crippen molar-refractivity contribution in [2.45, 2.75) is 26.2 Å². The summed E-state index contributed by atoms with van der Waals surface area (Å²) in [7, 11) is 0. The molecule has 0 spiro atoms. The van der Waals surface area contributed by atoms with Crippen LogP contribution in [0, 0.1) is 6.92 Å². The van der Waals surface area contributed by atoms with Crippen molar-refractivity contribution in [3.63, 3.8) is 0 Å². The monoisotopic (exact) mass is 586 g/mol. The van der Waals surface area contributed by atoms with Gasteiger partial charge in [0.2, 0.25) is 0 Å². The average molecular weight is 587 g/mol. The third-order valence-electron chi connectivity index (χ3n) is 10.3. The molecular weight excluding hydrogens is 553 g/mol. The number of hydrogen-bond donors (Lipinski definition) is 0. The van der Waals surface area contributed by atoms with Crippen LogP contribution in [0.25, 0.3) is 76.8 Å². The highest BCUT2D eigenvalue weighted by Gasteiger charge is 2.35. The molecule has 0 radical (unpaired) electrons. The molecule has 9 rings (SSSR count). The van der Waals surface area contributed by atoms with Crippen molar-refractivity contribution in [2.75, 3.05) is 0 Å². The normalized spacial score (nSPS) is 13.3. The fraction of sp³-hybridized carbons (Fsp3) is 0.0870. The number of benzene rings is 8. The first-order chi connectivity index (χ1) is 22.5. The highest BCUT2D eigenvalue weighted by atomic mass is 14.4. The standard InChI is InChI=1S/C46H34/c1-29-17-23-39-41(25-29)45(35-22-24-43-40(28-35)36-13-9-10-16-42(36)46(43,2)3)38-15-8-7-14-37(38)44(39)34-21-20-32-26-31(18-19-33(32)27-34)30-11-5-4-6-12-30/h4-28H,1-3H3. The topological polar surface area (TPSA) is 0 Å². The Kier molecular flexibility index (Phi) is 5.86. The first kappa shape index (κ1) is 26.9. The molecule has 0 saturated heterocycles. The largest absolute Gasteiger partial charge is 0.0622 e. The van der Waals surface area contributed by atoms with Gasteiger partial charge in [-0.3, -0.25) is 0 Å². The van der Waals surface area contributed by atoms with Crippen LogP contribution in [0.1, 0.15) is 30.5 Å². The maximum absolute atomic E-state index is 2.45. The van der Waals surface area contributed by atoms with E-state index in [1.165, 1.54) is 93.5 Å². The second-order valence-corrected chi connectivity index (χ2v) is 13.4. The third kappa shape index (κ3) is 4.00. The molecule has 0 unspecified atom stereocenters. The van der Waals surface area contributed by atoms with Crippen LogP contribution in [-0.4, -0.2) is 0 Å². The van der Waals surface area contributed by atoms with Crippen molar-refractivity contribution in [2.24, 2.45) is 0 Å². The van der Waals surface area contributed by atoms with E-state index in [9.17, 15) is 0 Å². The lowest BCUT2D eigenvalue weighted by Crippen LogP contribution is -2.14. The van der Waals surface area contributed by atoms with Gasteiger partial charge in [0.1, 0.15) is 0 Å². The quantitative estimate of drug-likeness (QED) is 0.181. The van der Waals surface area contributed by atoms with Crippen LogP contribution in [0.15, 0.2) is 152 Å². The smallest absolute Gasteiger partial charge is 0.0158 e. The minimum atomic E-state index is -0.00696. The van der Waals surface area contributed by atoms with Gasteiger partial charge in [-0.2, -0.15) is 0 Å². The molecule has 0 heterocycles. The molecule has 0 atom stereocenters. The van der Waals surface area contributed by atoms with E-state index in [1.54, 1.807) is 0 Å². The minimum Gasteiger partial charge on any atom is -0.0622 e. The van der Waals surface area contributed by atoms with Gasteiger partial charge >= 0.3 is 0 Å². The molecule has 0 bridgehead atoms. The second kappa shape index (κ2) is 10.0. The van der Waals surface area contributed by atoms with Crippen molar-refractivity contribution < 1.29 is 0 Å². The number of aryl methyl sites for hydroxylation is 1. The fourth-order valence-electron chi connectivity index (χ4n) is 8.00. The molecule has 1 aliphatic rings. The van der Waals surface area contributed by atoms with E-state index in [2.05, 4.69) is 172 Å². The zero-order valence-corrected chi connectivity index (χ0v) is 26.4. The molecule has 0 amide bonds. The lowest BCUT2D eigenvalue weighted by atomic mass is 9.81. The molecule has 46 heavy (non-hydrogen) atoms. The summed E-state index contributed by atoms with van der Waals surface area (Å²) in [6.45, 7) is 6.92. The summed E-state index contributed by atoms with van der Waals surface area (Å²) in [5.74, 6) is 0. The Hall–Kier alpha value is -5.46.